The fourth-order valence-corrected chi connectivity index (χ4v) is 1.86. The molecule has 0 aromatic heterocycles. The molecule has 3 heteroatoms. The van der Waals surface area contributed by atoms with Crippen LogP contribution < -0.4 is 4.74 Å². The number of benzene rings is 1. The molecule has 1 rings (SSSR count). The van der Waals surface area contributed by atoms with Gasteiger partial charge in [-0.2, -0.15) is 0 Å². The lowest BCUT2D eigenvalue weighted by atomic mass is 10.2. The molecule has 1 aromatic rings. The minimum absolute atomic E-state index is 0.917. The van der Waals surface area contributed by atoms with Crippen LogP contribution in [-0.4, -0.2) is 25.1 Å². The van der Waals surface area contributed by atoms with E-state index in [0.29, 0.717) is 0 Å². The molecule has 0 unspecified atom stereocenters. The summed E-state index contributed by atoms with van der Waals surface area (Å²) in [5, 5.41) is 0. The van der Waals surface area contributed by atoms with Crippen molar-refractivity contribution >= 4 is 15.9 Å². The molecule has 0 aliphatic carbocycles. The van der Waals surface area contributed by atoms with Gasteiger partial charge in [-0.3, -0.25) is 4.90 Å². The van der Waals surface area contributed by atoms with Crippen LogP contribution in [0, 0.1) is 0 Å². The van der Waals surface area contributed by atoms with Gasteiger partial charge in [0.05, 0.1) is 7.11 Å². The predicted molar refractivity (Wildman–Crippen MR) is 67.3 cm³/mol. The normalized spacial score (nSPS) is 10.7. The highest BCUT2D eigenvalue weighted by Gasteiger charge is 2.06. The summed E-state index contributed by atoms with van der Waals surface area (Å²) in [7, 11) is 1.70. The first kappa shape index (κ1) is 12.5. The van der Waals surface area contributed by atoms with E-state index in [4.69, 9.17) is 4.74 Å². The van der Waals surface area contributed by atoms with Gasteiger partial charge in [-0.1, -0.05) is 29.8 Å². The second kappa shape index (κ2) is 6.13. The van der Waals surface area contributed by atoms with Gasteiger partial charge in [-0.15, -0.1) is 0 Å². The molecule has 2 nitrogen and oxygen atoms in total. The lowest BCUT2D eigenvalue weighted by molar-refractivity contribution is 0.294. The van der Waals surface area contributed by atoms with E-state index in [9.17, 15) is 0 Å². The van der Waals surface area contributed by atoms with Gasteiger partial charge < -0.3 is 4.74 Å². The summed E-state index contributed by atoms with van der Waals surface area (Å²) < 4.78 is 6.37. The maximum Gasteiger partial charge on any atom is 0.119 e. The average molecular weight is 272 g/mol. The Labute approximate surface area is 100 Å². The Kier molecular flexibility index (Phi) is 5.12. The number of rotatable bonds is 5. The molecule has 0 heterocycles. The summed E-state index contributed by atoms with van der Waals surface area (Å²) in [6.07, 6.45) is 0. The van der Waals surface area contributed by atoms with E-state index < -0.39 is 0 Å². The maximum atomic E-state index is 5.22. The Morgan fingerprint density at radius 1 is 1.27 bits per heavy atom. The van der Waals surface area contributed by atoms with E-state index in [1.54, 1.807) is 7.11 Å². The van der Waals surface area contributed by atoms with Gasteiger partial charge in [0, 0.05) is 11.0 Å². The Morgan fingerprint density at radius 3 is 2.47 bits per heavy atom. The Morgan fingerprint density at radius 2 is 1.93 bits per heavy atom. The van der Waals surface area contributed by atoms with E-state index in [1.807, 2.05) is 12.1 Å². The molecular weight excluding hydrogens is 254 g/mol. The average Bonchev–Trinajstić information content (AvgIpc) is 2.28. The third kappa shape index (κ3) is 3.50. The van der Waals surface area contributed by atoms with Crippen LogP contribution in [0.3, 0.4) is 0 Å². The van der Waals surface area contributed by atoms with Crippen LogP contribution in [0.1, 0.15) is 19.4 Å². The second-order valence-corrected chi connectivity index (χ2v) is 4.27. The smallest absolute Gasteiger partial charge is 0.119 e. The first-order chi connectivity index (χ1) is 7.21. The molecule has 1 aromatic carbocycles. The van der Waals surface area contributed by atoms with Crippen LogP contribution in [0.15, 0.2) is 22.7 Å². The van der Waals surface area contributed by atoms with Crippen molar-refractivity contribution in [3.8, 4) is 5.75 Å². The zero-order chi connectivity index (χ0) is 11.3. The summed E-state index contributed by atoms with van der Waals surface area (Å²) in [6, 6.07) is 6.09. The quantitative estimate of drug-likeness (QED) is 0.815. The summed E-state index contributed by atoms with van der Waals surface area (Å²) in [4.78, 5) is 2.37. The molecule has 15 heavy (non-hydrogen) atoms. The summed E-state index contributed by atoms with van der Waals surface area (Å²) in [5.74, 6) is 0.917. The highest BCUT2D eigenvalue weighted by atomic mass is 79.9. The Bertz CT molecular complexity index is 310. The lowest BCUT2D eigenvalue weighted by Crippen LogP contribution is -2.22. The molecular formula is C12H18BrNO. The molecule has 0 bridgehead atoms. The molecule has 0 aliphatic rings. The third-order valence-electron chi connectivity index (χ3n) is 2.54. The molecule has 0 radical (unpaired) electrons. The van der Waals surface area contributed by atoms with Crippen molar-refractivity contribution in [1.82, 2.24) is 4.90 Å². The van der Waals surface area contributed by atoms with Gasteiger partial charge in [0.15, 0.2) is 0 Å². The highest BCUT2D eigenvalue weighted by molar-refractivity contribution is 9.10. The third-order valence-corrected chi connectivity index (χ3v) is 3.31. The van der Waals surface area contributed by atoms with E-state index in [-0.39, 0.29) is 0 Å². The topological polar surface area (TPSA) is 12.5 Å². The van der Waals surface area contributed by atoms with E-state index >= 15 is 0 Å². The lowest BCUT2D eigenvalue weighted by Gasteiger charge is -2.19. The molecule has 0 amide bonds. The number of ether oxygens (including phenoxy) is 1. The van der Waals surface area contributed by atoms with Gasteiger partial charge >= 0.3 is 0 Å². The molecule has 84 valence electrons. The van der Waals surface area contributed by atoms with E-state index in [0.717, 1.165) is 29.9 Å². The standard InChI is InChI=1S/C12H18BrNO/c1-4-14(5-2)9-10-8-11(15-3)6-7-12(10)13/h6-8H,4-5,9H2,1-3H3. The number of methoxy groups -OCH3 is 1. The van der Waals surface area contributed by atoms with Gasteiger partial charge in [0.2, 0.25) is 0 Å². The molecule has 0 saturated carbocycles. The zero-order valence-corrected chi connectivity index (χ0v) is 11.2. The van der Waals surface area contributed by atoms with Crippen molar-refractivity contribution in [3.05, 3.63) is 28.2 Å². The van der Waals surface area contributed by atoms with Crippen LogP contribution in [0.5, 0.6) is 5.75 Å². The second-order valence-electron chi connectivity index (χ2n) is 3.42. The van der Waals surface area contributed by atoms with Crippen LogP contribution in [-0.2, 0) is 6.54 Å². The van der Waals surface area contributed by atoms with Crippen molar-refractivity contribution in [2.24, 2.45) is 0 Å². The molecule has 0 aliphatic heterocycles. The van der Waals surface area contributed by atoms with Crippen LogP contribution in [0.2, 0.25) is 0 Å². The van der Waals surface area contributed by atoms with Crippen molar-refractivity contribution < 1.29 is 4.74 Å². The van der Waals surface area contributed by atoms with Gasteiger partial charge in [-0.05, 0) is 36.9 Å². The Hall–Kier alpha value is -0.540. The fourth-order valence-electron chi connectivity index (χ4n) is 1.49. The van der Waals surface area contributed by atoms with Crippen LogP contribution in [0.4, 0.5) is 0 Å². The molecule has 0 atom stereocenters. The number of hydrogen-bond acceptors (Lipinski definition) is 2. The fraction of sp³-hybridized carbons (Fsp3) is 0.500. The van der Waals surface area contributed by atoms with Gasteiger partial charge in [0.1, 0.15) is 5.75 Å². The largest absolute Gasteiger partial charge is 0.497 e. The first-order valence-corrected chi connectivity index (χ1v) is 6.05. The van der Waals surface area contributed by atoms with Crippen LogP contribution >= 0.6 is 15.9 Å². The van der Waals surface area contributed by atoms with Gasteiger partial charge in [-0.25, -0.2) is 0 Å². The summed E-state index contributed by atoms with van der Waals surface area (Å²) in [5.41, 5.74) is 1.28. The highest BCUT2D eigenvalue weighted by Crippen LogP contribution is 2.23. The van der Waals surface area contributed by atoms with Crippen molar-refractivity contribution in [2.45, 2.75) is 20.4 Å². The van der Waals surface area contributed by atoms with Gasteiger partial charge in [0.25, 0.3) is 0 Å². The summed E-state index contributed by atoms with van der Waals surface area (Å²) in [6.45, 7) is 7.46. The van der Waals surface area contributed by atoms with Crippen molar-refractivity contribution in [1.29, 1.82) is 0 Å². The zero-order valence-electron chi connectivity index (χ0n) is 9.59. The molecule has 0 spiro atoms. The monoisotopic (exact) mass is 271 g/mol. The summed E-state index contributed by atoms with van der Waals surface area (Å²) >= 11 is 3.56. The van der Waals surface area contributed by atoms with Crippen molar-refractivity contribution in [2.75, 3.05) is 20.2 Å². The minimum Gasteiger partial charge on any atom is -0.497 e. The predicted octanol–water partition coefficient (Wildman–Crippen LogP) is 3.30. The SMILES string of the molecule is CCN(CC)Cc1cc(OC)ccc1Br. The van der Waals surface area contributed by atoms with Crippen molar-refractivity contribution in [3.63, 3.8) is 0 Å². The maximum absolute atomic E-state index is 5.22. The van der Waals surface area contributed by atoms with E-state index in [2.05, 4.69) is 40.7 Å². The number of halogens is 1. The Balaban J connectivity index is 2.82. The number of hydrogen-bond donors (Lipinski definition) is 0. The molecule has 0 saturated heterocycles. The first-order valence-electron chi connectivity index (χ1n) is 5.26. The van der Waals surface area contributed by atoms with E-state index in [1.165, 1.54) is 5.56 Å². The molecule has 0 N–H and O–H groups in total. The minimum atomic E-state index is 0.917. The molecule has 0 fully saturated rings. The van der Waals surface area contributed by atoms with Crippen LogP contribution in [0.25, 0.3) is 0 Å². The number of nitrogens with zero attached hydrogens (tertiary/aromatic N) is 1.